The van der Waals surface area contributed by atoms with Crippen molar-refractivity contribution in [3.05, 3.63) is 93.2 Å². The van der Waals surface area contributed by atoms with E-state index in [1.165, 1.54) is 28.9 Å². The SMILES string of the molecule is CC(F)(F)F.Cc1ccc(F)cc1C1NC(=O)c2c1c(NC(=O)c1cc(F)cc(C(F)(F)F)c1)cc1c(CCOC=O)n(C)nc21. The maximum Gasteiger partial charge on any atom is 0.416 e. The number of alkyl halides is 6. The van der Waals surface area contributed by atoms with Crippen LogP contribution in [0.5, 0.6) is 0 Å². The van der Waals surface area contributed by atoms with Crippen LogP contribution in [0.3, 0.4) is 0 Å². The number of anilines is 1. The van der Waals surface area contributed by atoms with Crippen LogP contribution < -0.4 is 10.6 Å². The summed E-state index contributed by atoms with van der Waals surface area (Å²) in [6, 6.07) is 5.98. The van der Waals surface area contributed by atoms with E-state index in [9.17, 15) is 49.5 Å². The van der Waals surface area contributed by atoms with Crippen molar-refractivity contribution in [2.45, 2.75) is 38.7 Å². The van der Waals surface area contributed by atoms with Gasteiger partial charge in [-0.05, 0) is 54.4 Å². The molecule has 1 aliphatic heterocycles. The van der Waals surface area contributed by atoms with Gasteiger partial charge < -0.3 is 15.4 Å². The van der Waals surface area contributed by atoms with Gasteiger partial charge in [-0.15, -0.1) is 0 Å². The zero-order valence-corrected chi connectivity index (χ0v) is 24.2. The maximum absolute atomic E-state index is 14.3. The lowest BCUT2D eigenvalue weighted by molar-refractivity contribution is -0.137. The highest BCUT2D eigenvalue weighted by molar-refractivity contribution is 6.15. The van der Waals surface area contributed by atoms with E-state index in [0.29, 0.717) is 34.3 Å². The fourth-order valence-corrected chi connectivity index (χ4v) is 5.04. The monoisotopic (exact) mass is 656 g/mol. The average molecular weight is 657 g/mol. The Kier molecular flexibility index (Phi) is 9.40. The first kappa shape index (κ1) is 33.9. The zero-order valence-electron chi connectivity index (χ0n) is 24.2. The summed E-state index contributed by atoms with van der Waals surface area (Å²) in [6.07, 6.45) is -8.72. The molecule has 1 atom stereocenters. The van der Waals surface area contributed by atoms with E-state index in [2.05, 4.69) is 15.7 Å². The van der Waals surface area contributed by atoms with Crippen LogP contribution in [0.25, 0.3) is 10.9 Å². The van der Waals surface area contributed by atoms with Crippen molar-refractivity contribution in [2.24, 2.45) is 7.05 Å². The van der Waals surface area contributed by atoms with E-state index in [4.69, 9.17) is 4.74 Å². The summed E-state index contributed by atoms with van der Waals surface area (Å²) in [6.45, 7) is 2.15. The molecule has 2 N–H and O–H groups in total. The highest BCUT2D eigenvalue weighted by Crippen LogP contribution is 2.42. The van der Waals surface area contributed by atoms with Gasteiger partial charge in [-0.2, -0.15) is 31.4 Å². The van der Waals surface area contributed by atoms with E-state index in [1.54, 1.807) is 14.0 Å². The van der Waals surface area contributed by atoms with E-state index in [1.807, 2.05) is 0 Å². The Bertz CT molecular complexity index is 1830. The Labute approximate surface area is 255 Å². The summed E-state index contributed by atoms with van der Waals surface area (Å²) in [5.41, 5.74) is 0.135. The quantitative estimate of drug-likeness (QED) is 0.134. The summed E-state index contributed by atoms with van der Waals surface area (Å²) >= 11 is 0. The first-order valence-corrected chi connectivity index (χ1v) is 13.3. The van der Waals surface area contributed by atoms with Gasteiger partial charge in [-0.1, -0.05) is 6.07 Å². The second-order valence-electron chi connectivity index (χ2n) is 10.3. The van der Waals surface area contributed by atoms with Crippen LogP contribution in [-0.4, -0.2) is 40.9 Å². The zero-order chi connectivity index (χ0) is 34.1. The second kappa shape index (κ2) is 12.8. The fourth-order valence-electron chi connectivity index (χ4n) is 5.04. The molecule has 0 spiro atoms. The summed E-state index contributed by atoms with van der Waals surface area (Å²) < 4.78 is 106. The summed E-state index contributed by atoms with van der Waals surface area (Å²) in [4.78, 5) is 37.2. The van der Waals surface area contributed by atoms with Crippen LogP contribution in [0.4, 0.5) is 40.8 Å². The Morgan fingerprint density at radius 2 is 1.74 bits per heavy atom. The molecule has 3 aromatic carbocycles. The average Bonchev–Trinajstić information content (AvgIpc) is 3.44. The smallest absolute Gasteiger partial charge is 0.416 e. The molecule has 5 rings (SSSR count). The summed E-state index contributed by atoms with van der Waals surface area (Å²) in [5, 5.41) is 10.2. The third-order valence-electron chi connectivity index (χ3n) is 6.90. The topological polar surface area (TPSA) is 102 Å². The lowest BCUT2D eigenvalue weighted by Crippen LogP contribution is -2.21. The molecular formula is C30H24F8N4O4. The number of carbonyl (C=O) groups is 3. The number of nitrogens with one attached hydrogen (secondary N) is 2. The summed E-state index contributed by atoms with van der Waals surface area (Å²) in [5.74, 6) is -3.48. The summed E-state index contributed by atoms with van der Waals surface area (Å²) in [7, 11) is 1.60. The van der Waals surface area contributed by atoms with E-state index in [-0.39, 0.29) is 54.8 Å². The number of aromatic nitrogens is 2. The number of ether oxygens (including phenoxy) is 1. The van der Waals surface area contributed by atoms with Gasteiger partial charge in [-0.3, -0.25) is 19.1 Å². The third-order valence-corrected chi connectivity index (χ3v) is 6.90. The van der Waals surface area contributed by atoms with Crippen molar-refractivity contribution in [3.8, 4) is 0 Å². The third kappa shape index (κ3) is 7.43. The number of benzene rings is 3. The number of halogens is 8. The minimum Gasteiger partial charge on any atom is -0.467 e. The molecule has 0 fully saturated rings. The maximum atomic E-state index is 14.3. The molecule has 0 aliphatic carbocycles. The molecule has 1 aliphatic rings. The second-order valence-corrected chi connectivity index (χ2v) is 10.3. The van der Waals surface area contributed by atoms with Crippen molar-refractivity contribution in [1.29, 1.82) is 0 Å². The predicted molar refractivity (Wildman–Crippen MR) is 148 cm³/mol. The molecule has 16 heteroatoms. The Morgan fingerprint density at radius 3 is 2.37 bits per heavy atom. The first-order chi connectivity index (χ1) is 21.4. The van der Waals surface area contributed by atoms with Crippen molar-refractivity contribution in [3.63, 3.8) is 0 Å². The van der Waals surface area contributed by atoms with E-state index >= 15 is 0 Å². The standard InChI is InChI=1S/C28H21F5N4O4.C2H3F3/c1-13-3-4-16(29)10-18(13)24-22-20(34-26(39)14-7-15(28(31,32)33)9-17(30)8-14)11-19-21(5-6-41-12-38)37(2)36-25(19)23(22)27(40)35-24;1-2(3,4)5/h3-4,7-12,24H,5-6H2,1-2H3,(H,34,39)(H,35,40);1H3. The van der Waals surface area contributed by atoms with Gasteiger partial charge in [0.25, 0.3) is 18.3 Å². The van der Waals surface area contributed by atoms with Gasteiger partial charge >= 0.3 is 12.4 Å². The lowest BCUT2D eigenvalue weighted by Gasteiger charge is -2.19. The molecule has 0 saturated carbocycles. The van der Waals surface area contributed by atoms with E-state index < -0.39 is 53.0 Å². The minimum absolute atomic E-state index is 0.0161. The Hall–Kier alpha value is -5.02. The van der Waals surface area contributed by atoms with Crippen LogP contribution in [0.2, 0.25) is 0 Å². The van der Waals surface area contributed by atoms with Crippen LogP contribution >= 0.6 is 0 Å². The molecule has 4 aromatic rings. The molecule has 8 nitrogen and oxygen atoms in total. The van der Waals surface area contributed by atoms with Gasteiger partial charge in [-0.25, -0.2) is 8.78 Å². The van der Waals surface area contributed by atoms with Crippen molar-refractivity contribution >= 4 is 34.9 Å². The van der Waals surface area contributed by atoms with Crippen molar-refractivity contribution < 1.29 is 54.2 Å². The van der Waals surface area contributed by atoms with Gasteiger partial charge in [0.1, 0.15) is 17.2 Å². The number of amides is 2. The molecule has 2 heterocycles. The van der Waals surface area contributed by atoms with Crippen LogP contribution in [0, 0.1) is 18.6 Å². The number of nitrogens with zero attached hydrogens (tertiary/aromatic N) is 2. The van der Waals surface area contributed by atoms with Gasteiger partial charge in [0, 0.05) is 48.3 Å². The number of rotatable bonds is 7. The van der Waals surface area contributed by atoms with Crippen LogP contribution in [0.15, 0.2) is 42.5 Å². The number of aryl methyl sites for hydroxylation is 2. The highest BCUT2D eigenvalue weighted by Gasteiger charge is 2.38. The molecule has 0 bridgehead atoms. The van der Waals surface area contributed by atoms with Crippen LogP contribution in [0.1, 0.15) is 61.6 Å². The molecule has 0 radical (unpaired) electrons. The Balaban J connectivity index is 0.000000892. The van der Waals surface area contributed by atoms with Crippen molar-refractivity contribution in [1.82, 2.24) is 15.1 Å². The van der Waals surface area contributed by atoms with E-state index in [0.717, 1.165) is 0 Å². The number of carbonyl (C=O) groups excluding carboxylic acids is 3. The normalized spacial score (nSPS) is 14.3. The first-order valence-electron chi connectivity index (χ1n) is 13.3. The molecule has 1 unspecified atom stereocenters. The molecule has 46 heavy (non-hydrogen) atoms. The number of hydrogen-bond acceptors (Lipinski definition) is 5. The molecule has 0 saturated heterocycles. The van der Waals surface area contributed by atoms with Crippen molar-refractivity contribution in [2.75, 3.05) is 11.9 Å². The van der Waals surface area contributed by atoms with Gasteiger partial charge in [0.2, 0.25) is 0 Å². The largest absolute Gasteiger partial charge is 0.467 e. The number of hydrogen-bond donors (Lipinski definition) is 2. The highest BCUT2D eigenvalue weighted by atomic mass is 19.4. The Morgan fingerprint density at radius 1 is 1.07 bits per heavy atom. The molecular weight excluding hydrogens is 632 g/mol. The van der Waals surface area contributed by atoms with Gasteiger partial charge in [0.15, 0.2) is 0 Å². The fraction of sp³-hybridized carbons (Fsp3) is 0.267. The molecule has 2 amide bonds. The lowest BCUT2D eigenvalue weighted by atomic mass is 9.91. The predicted octanol–water partition coefficient (Wildman–Crippen LogP) is 6.55. The molecule has 244 valence electrons. The number of fused-ring (bicyclic) bond motifs is 3. The van der Waals surface area contributed by atoms with Gasteiger partial charge in [0.05, 0.1) is 23.8 Å². The van der Waals surface area contributed by atoms with Crippen LogP contribution in [-0.2, 0) is 29.2 Å². The minimum atomic E-state index is -4.90. The molecule has 1 aromatic heterocycles.